The Labute approximate surface area is 202 Å². The van der Waals surface area contributed by atoms with Crippen molar-refractivity contribution in [2.24, 2.45) is 17.3 Å². The van der Waals surface area contributed by atoms with E-state index in [-0.39, 0.29) is 19.1 Å². The summed E-state index contributed by atoms with van der Waals surface area (Å²) in [6.45, 7) is 11.4. The van der Waals surface area contributed by atoms with Gasteiger partial charge in [0.2, 0.25) is 5.91 Å². The van der Waals surface area contributed by atoms with E-state index in [1.54, 1.807) is 0 Å². The summed E-state index contributed by atoms with van der Waals surface area (Å²) in [7, 11) is 0. The van der Waals surface area contributed by atoms with Gasteiger partial charge in [0, 0.05) is 5.54 Å². The van der Waals surface area contributed by atoms with Gasteiger partial charge < -0.3 is 14.4 Å². The predicted molar refractivity (Wildman–Crippen MR) is 129 cm³/mol. The highest BCUT2D eigenvalue weighted by molar-refractivity contribution is 5.98. The second-order valence-corrected chi connectivity index (χ2v) is 10.9. The van der Waals surface area contributed by atoms with E-state index in [0.29, 0.717) is 0 Å². The van der Waals surface area contributed by atoms with Gasteiger partial charge in [0.05, 0.1) is 5.92 Å². The first-order valence-electron chi connectivity index (χ1n) is 11.7. The Morgan fingerprint density at radius 2 is 1.21 bits per heavy atom. The standard InChI is InChI=1S/C28H35NO5/c1-27(2,3)22-21(25(31)33-17-19-13-9-7-10-14-19)23(29(24(22)30)28(4,5)6)26(32)34-18-20-15-11-8-12-16-20/h7-16,21-23H,17-18H2,1-6H3. The van der Waals surface area contributed by atoms with Gasteiger partial charge in [-0.05, 0) is 37.3 Å². The van der Waals surface area contributed by atoms with Gasteiger partial charge in [0.1, 0.15) is 25.2 Å². The van der Waals surface area contributed by atoms with Gasteiger partial charge in [-0.3, -0.25) is 9.59 Å². The van der Waals surface area contributed by atoms with Crippen molar-refractivity contribution in [2.45, 2.75) is 66.3 Å². The molecule has 182 valence electrons. The van der Waals surface area contributed by atoms with Gasteiger partial charge in [-0.25, -0.2) is 4.79 Å². The van der Waals surface area contributed by atoms with E-state index in [1.165, 1.54) is 4.90 Å². The van der Waals surface area contributed by atoms with Crippen LogP contribution in [0.1, 0.15) is 52.7 Å². The number of likely N-dealkylation sites (tertiary alicyclic amines) is 1. The number of hydrogen-bond acceptors (Lipinski definition) is 5. The van der Waals surface area contributed by atoms with Gasteiger partial charge in [0.25, 0.3) is 0 Å². The van der Waals surface area contributed by atoms with Crippen LogP contribution in [0.5, 0.6) is 0 Å². The molecule has 34 heavy (non-hydrogen) atoms. The van der Waals surface area contributed by atoms with Crippen LogP contribution in [-0.2, 0) is 37.1 Å². The second-order valence-electron chi connectivity index (χ2n) is 10.9. The van der Waals surface area contributed by atoms with Crippen molar-refractivity contribution in [3.63, 3.8) is 0 Å². The molecule has 3 rings (SSSR count). The SMILES string of the molecule is CC(C)(C)C1C(=O)N(C(C)(C)C)C(C(=O)OCc2ccccc2)C1C(=O)OCc1ccccc1. The Balaban J connectivity index is 1.93. The van der Waals surface area contributed by atoms with Crippen LogP contribution in [0.2, 0.25) is 0 Å². The van der Waals surface area contributed by atoms with Crippen LogP contribution in [-0.4, -0.2) is 34.3 Å². The first-order valence-corrected chi connectivity index (χ1v) is 11.7. The van der Waals surface area contributed by atoms with Crippen LogP contribution in [0.15, 0.2) is 60.7 Å². The molecule has 0 spiro atoms. The quantitative estimate of drug-likeness (QED) is 0.575. The lowest BCUT2D eigenvalue weighted by atomic mass is 9.73. The molecule has 6 nitrogen and oxygen atoms in total. The molecule has 0 aromatic heterocycles. The highest BCUT2D eigenvalue weighted by Crippen LogP contribution is 2.46. The van der Waals surface area contributed by atoms with Crippen molar-refractivity contribution >= 4 is 17.8 Å². The van der Waals surface area contributed by atoms with E-state index in [4.69, 9.17) is 9.47 Å². The molecule has 3 unspecified atom stereocenters. The van der Waals surface area contributed by atoms with Crippen molar-refractivity contribution in [3.05, 3.63) is 71.8 Å². The maximum Gasteiger partial charge on any atom is 0.330 e. The van der Waals surface area contributed by atoms with Crippen LogP contribution < -0.4 is 0 Å². The second kappa shape index (κ2) is 10.00. The van der Waals surface area contributed by atoms with Gasteiger partial charge >= 0.3 is 11.9 Å². The molecule has 0 saturated carbocycles. The molecule has 2 aromatic rings. The summed E-state index contributed by atoms with van der Waals surface area (Å²) >= 11 is 0. The maximum absolute atomic E-state index is 13.7. The number of amides is 1. The zero-order chi connectivity index (χ0) is 25.1. The maximum atomic E-state index is 13.7. The van der Waals surface area contributed by atoms with Crippen molar-refractivity contribution < 1.29 is 23.9 Å². The van der Waals surface area contributed by atoms with Crippen molar-refractivity contribution in [2.75, 3.05) is 0 Å². The van der Waals surface area contributed by atoms with Gasteiger partial charge in [-0.2, -0.15) is 0 Å². The molecule has 0 bridgehead atoms. The van der Waals surface area contributed by atoms with E-state index in [2.05, 4.69) is 0 Å². The Morgan fingerprint density at radius 1 is 0.765 bits per heavy atom. The van der Waals surface area contributed by atoms with E-state index < -0.39 is 40.8 Å². The fraction of sp³-hybridized carbons (Fsp3) is 0.464. The number of hydrogen-bond donors (Lipinski definition) is 0. The topological polar surface area (TPSA) is 72.9 Å². The molecule has 6 heteroatoms. The zero-order valence-electron chi connectivity index (χ0n) is 20.9. The minimum absolute atomic E-state index is 0.0638. The van der Waals surface area contributed by atoms with Crippen molar-refractivity contribution in [1.82, 2.24) is 4.90 Å². The average Bonchev–Trinajstić information content (AvgIpc) is 3.11. The summed E-state index contributed by atoms with van der Waals surface area (Å²) in [6, 6.07) is 17.6. The Hall–Kier alpha value is -3.15. The Kier molecular flexibility index (Phi) is 7.49. The van der Waals surface area contributed by atoms with E-state index >= 15 is 0 Å². The minimum atomic E-state index is -1.07. The molecule has 0 N–H and O–H groups in total. The molecular weight excluding hydrogens is 430 g/mol. The lowest BCUT2D eigenvalue weighted by Crippen LogP contribution is -2.53. The number of carbonyl (C=O) groups is 3. The number of benzene rings is 2. The molecule has 1 fully saturated rings. The lowest BCUT2D eigenvalue weighted by molar-refractivity contribution is -0.164. The van der Waals surface area contributed by atoms with Gasteiger partial charge in [-0.1, -0.05) is 81.4 Å². The summed E-state index contributed by atoms with van der Waals surface area (Å²) in [5, 5.41) is 0. The third kappa shape index (κ3) is 5.66. The first-order chi connectivity index (χ1) is 15.9. The summed E-state index contributed by atoms with van der Waals surface area (Å²) < 4.78 is 11.3. The number of ether oxygens (including phenoxy) is 2. The van der Waals surface area contributed by atoms with Crippen molar-refractivity contribution in [1.29, 1.82) is 0 Å². The lowest BCUT2D eigenvalue weighted by Gasteiger charge is -2.37. The minimum Gasteiger partial charge on any atom is -0.461 e. The van der Waals surface area contributed by atoms with Crippen LogP contribution >= 0.6 is 0 Å². The zero-order valence-corrected chi connectivity index (χ0v) is 20.9. The first kappa shape index (κ1) is 25.5. The molecule has 1 heterocycles. The highest BCUT2D eigenvalue weighted by atomic mass is 16.5. The highest BCUT2D eigenvalue weighted by Gasteiger charge is 2.61. The normalized spacial score (nSPS) is 20.8. The molecule has 0 radical (unpaired) electrons. The van der Waals surface area contributed by atoms with Crippen LogP contribution in [0.25, 0.3) is 0 Å². The van der Waals surface area contributed by atoms with Crippen LogP contribution in [0.3, 0.4) is 0 Å². The molecular formula is C28H35NO5. The smallest absolute Gasteiger partial charge is 0.330 e. The largest absolute Gasteiger partial charge is 0.461 e. The number of rotatable bonds is 6. The van der Waals surface area contributed by atoms with Gasteiger partial charge in [0.15, 0.2) is 0 Å². The third-order valence-electron chi connectivity index (χ3n) is 6.10. The summed E-state index contributed by atoms with van der Waals surface area (Å²) in [5.74, 6) is -3.09. The Morgan fingerprint density at radius 3 is 1.62 bits per heavy atom. The summed E-state index contributed by atoms with van der Waals surface area (Å²) in [4.78, 5) is 42.1. The van der Waals surface area contributed by atoms with E-state index in [1.807, 2.05) is 102 Å². The molecule has 1 aliphatic rings. The number of carbonyl (C=O) groups excluding carboxylic acids is 3. The third-order valence-corrected chi connectivity index (χ3v) is 6.10. The predicted octanol–water partition coefficient (Wildman–Crippen LogP) is 4.76. The van der Waals surface area contributed by atoms with E-state index in [0.717, 1.165) is 11.1 Å². The molecule has 3 atom stereocenters. The molecule has 1 aliphatic heterocycles. The van der Waals surface area contributed by atoms with Crippen molar-refractivity contribution in [3.8, 4) is 0 Å². The summed E-state index contributed by atoms with van der Waals surface area (Å²) in [5.41, 5.74) is 0.415. The Bertz CT molecular complexity index is 923. The fourth-order valence-corrected chi connectivity index (χ4v) is 4.60. The fourth-order valence-electron chi connectivity index (χ4n) is 4.60. The number of esters is 2. The van der Waals surface area contributed by atoms with Crippen LogP contribution in [0.4, 0.5) is 0 Å². The molecule has 1 amide bonds. The molecule has 1 saturated heterocycles. The van der Waals surface area contributed by atoms with Crippen LogP contribution in [0, 0.1) is 17.3 Å². The summed E-state index contributed by atoms with van der Waals surface area (Å²) in [6.07, 6.45) is 0. The monoisotopic (exact) mass is 465 g/mol. The number of nitrogens with zero attached hydrogens (tertiary/aromatic N) is 1. The average molecular weight is 466 g/mol. The molecule has 2 aromatic carbocycles. The van der Waals surface area contributed by atoms with Gasteiger partial charge in [-0.15, -0.1) is 0 Å². The van der Waals surface area contributed by atoms with E-state index in [9.17, 15) is 14.4 Å². The molecule has 0 aliphatic carbocycles.